The minimum absolute atomic E-state index is 0.538. The molecular weight excluding hydrogens is 280 g/mol. The zero-order valence-electron chi connectivity index (χ0n) is 16.7. The fourth-order valence-electron chi connectivity index (χ4n) is 3.38. The van der Waals surface area contributed by atoms with Crippen LogP contribution in [0.4, 0.5) is 0 Å². The van der Waals surface area contributed by atoms with E-state index in [2.05, 4.69) is 20.8 Å². The SMILES string of the molecule is CCCCCCCCCCC(CCCCCCCCC)OCC. The van der Waals surface area contributed by atoms with Gasteiger partial charge in [0.2, 0.25) is 0 Å². The van der Waals surface area contributed by atoms with Crippen molar-refractivity contribution in [2.45, 2.75) is 136 Å². The van der Waals surface area contributed by atoms with Gasteiger partial charge in [-0.15, -0.1) is 0 Å². The van der Waals surface area contributed by atoms with Crippen LogP contribution in [0.15, 0.2) is 0 Å². The normalized spacial score (nSPS) is 12.7. The highest BCUT2D eigenvalue weighted by molar-refractivity contribution is 4.60. The Morgan fingerprint density at radius 2 is 0.826 bits per heavy atom. The third-order valence-electron chi connectivity index (χ3n) is 4.91. The first-order valence-electron chi connectivity index (χ1n) is 11.0. The van der Waals surface area contributed by atoms with Gasteiger partial charge in [0.15, 0.2) is 0 Å². The van der Waals surface area contributed by atoms with Crippen LogP contribution in [-0.4, -0.2) is 12.7 Å². The summed E-state index contributed by atoms with van der Waals surface area (Å²) in [4.78, 5) is 0. The topological polar surface area (TPSA) is 9.23 Å². The first kappa shape index (κ1) is 23.0. The van der Waals surface area contributed by atoms with Gasteiger partial charge < -0.3 is 4.74 Å². The summed E-state index contributed by atoms with van der Waals surface area (Å²) in [5.74, 6) is 0. The lowest BCUT2D eigenvalue weighted by Gasteiger charge is -2.17. The molecule has 0 spiro atoms. The molecular formula is C22H46O. The Kier molecular flexibility index (Phi) is 20.0. The van der Waals surface area contributed by atoms with Crippen LogP contribution in [-0.2, 0) is 4.74 Å². The van der Waals surface area contributed by atoms with E-state index in [9.17, 15) is 0 Å². The molecule has 0 aromatic heterocycles. The zero-order chi connectivity index (χ0) is 17.0. The predicted octanol–water partition coefficient (Wildman–Crippen LogP) is 8.06. The van der Waals surface area contributed by atoms with Crippen LogP contribution in [0.25, 0.3) is 0 Å². The standard InChI is InChI=1S/C22H46O/c1-4-7-9-11-13-15-17-19-21-22(23-6-3)20-18-16-14-12-10-8-5-2/h22H,4-21H2,1-3H3. The zero-order valence-corrected chi connectivity index (χ0v) is 16.7. The molecule has 0 aliphatic carbocycles. The molecule has 0 bridgehead atoms. The first-order chi connectivity index (χ1) is 11.3. The molecule has 23 heavy (non-hydrogen) atoms. The number of ether oxygens (including phenoxy) is 1. The molecule has 0 aromatic rings. The molecule has 1 unspecified atom stereocenters. The summed E-state index contributed by atoms with van der Waals surface area (Å²) in [6.07, 6.45) is 24.3. The average Bonchev–Trinajstić information content (AvgIpc) is 2.56. The molecule has 0 radical (unpaired) electrons. The Labute approximate surface area is 148 Å². The van der Waals surface area contributed by atoms with Gasteiger partial charge in [0.1, 0.15) is 0 Å². The minimum Gasteiger partial charge on any atom is -0.379 e. The Morgan fingerprint density at radius 1 is 0.478 bits per heavy atom. The fraction of sp³-hybridized carbons (Fsp3) is 1.00. The quantitative estimate of drug-likeness (QED) is 0.218. The maximum absolute atomic E-state index is 5.95. The van der Waals surface area contributed by atoms with Gasteiger partial charge in [0.05, 0.1) is 6.10 Å². The van der Waals surface area contributed by atoms with E-state index in [0.717, 1.165) is 6.61 Å². The van der Waals surface area contributed by atoms with Gasteiger partial charge in [-0.25, -0.2) is 0 Å². The van der Waals surface area contributed by atoms with Crippen LogP contribution in [0.1, 0.15) is 130 Å². The summed E-state index contributed by atoms with van der Waals surface area (Å²) in [5, 5.41) is 0. The van der Waals surface area contributed by atoms with Gasteiger partial charge in [-0.1, -0.05) is 110 Å². The second kappa shape index (κ2) is 20.0. The van der Waals surface area contributed by atoms with Crippen molar-refractivity contribution in [1.29, 1.82) is 0 Å². The van der Waals surface area contributed by atoms with Crippen LogP contribution in [0, 0.1) is 0 Å². The van der Waals surface area contributed by atoms with Crippen LogP contribution in [0.5, 0.6) is 0 Å². The highest BCUT2D eigenvalue weighted by Crippen LogP contribution is 2.17. The van der Waals surface area contributed by atoms with Crippen LogP contribution in [0.2, 0.25) is 0 Å². The largest absolute Gasteiger partial charge is 0.379 e. The molecule has 0 saturated heterocycles. The predicted molar refractivity (Wildman–Crippen MR) is 105 cm³/mol. The molecule has 0 aliphatic heterocycles. The van der Waals surface area contributed by atoms with Gasteiger partial charge in [-0.05, 0) is 19.8 Å². The Bertz CT molecular complexity index is 202. The van der Waals surface area contributed by atoms with Crippen molar-refractivity contribution >= 4 is 0 Å². The molecule has 1 nitrogen and oxygen atoms in total. The summed E-state index contributed by atoms with van der Waals surface area (Å²) in [6.45, 7) is 7.61. The molecule has 0 rings (SSSR count). The van der Waals surface area contributed by atoms with Gasteiger partial charge in [-0.2, -0.15) is 0 Å². The monoisotopic (exact) mass is 326 g/mol. The summed E-state index contributed by atoms with van der Waals surface area (Å²) in [6, 6.07) is 0. The van der Waals surface area contributed by atoms with E-state index in [0.29, 0.717) is 6.10 Å². The summed E-state index contributed by atoms with van der Waals surface area (Å²) in [7, 11) is 0. The Hall–Kier alpha value is -0.0400. The molecule has 1 atom stereocenters. The second-order valence-corrected chi connectivity index (χ2v) is 7.25. The van der Waals surface area contributed by atoms with Gasteiger partial charge in [0, 0.05) is 6.61 Å². The lowest BCUT2D eigenvalue weighted by molar-refractivity contribution is 0.0470. The van der Waals surface area contributed by atoms with Gasteiger partial charge >= 0.3 is 0 Å². The smallest absolute Gasteiger partial charge is 0.0575 e. The molecule has 0 heterocycles. The number of unbranched alkanes of at least 4 members (excludes halogenated alkanes) is 13. The third kappa shape index (κ3) is 18.1. The molecule has 0 aromatic carbocycles. The maximum Gasteiger partial charge on any atom is 0.0575 e. The van der Waals surface area contributed by atoms with E-state index in [1.807, 2.05) is 0 Å². The molecule has 0 N–H and O–H groups in total. The van der Waals surface area contributed by atoms with Crippen molar-refractivity contribution < 1.29 is 4.74 Å². The summed E-state index contributed by atoms with van der Waals surface area (Å²) >= 11 is 0. The average molecular weight is 327 g/mol. The lowest BCUT2D eigenvalue weighted by Crippen LogP contribution is -2.12. The third-order valence-corrected chi connectivity index (χ3v) is 4.91. The van der Waals surface area contributed by atoms with Crippen LogP contribution >= 0.6 is 0 Å². The van der Waals surface area contributed by atoms with Crippen molar-refractivity contribution in [3.05, 3.63) is 0 Å². The van der Waals surface area contributed by atoms with E-state index in [1.165, 1.54) is 109 Å². The highest BCUT2D eigenvalue weighted by atomic mass is 16.5. The molecule has 140 valence electrons. The summed E-state index contributed by atoms with van der Waals surface area (Å²) in [5.41, 5.74) is 0. The Morgan fingerprint density at radius 3 is 1.17 bits per heavy atom. The van der Waals surface area contributed by atoms with Crippen molar-refractivity contribution in [1.82, 2.24) is 0 Å². The maximum atomic E-state index is 5.95. The van der Waals surface area contributed by atoms with Crippen LogP contribution in [0.3, 0.4) is 0 Å². The number of hydrogen-bond acceptors (Lipinski definition) is 1. The first-order valence-corrected chi connectivity index (χ1v) is 11.0. The van der Waals surface area contributed by atoms with Crippen LogP contribution < -0.4 is 0 Å². The lowest BCUT2D eigenvalue weighted by atomic mass is 10.0. The Balaban J connectivity index is 3.43. The fourth-order valence-corrected chi connectivity index (χ4v) is 3.38. The minimum atomic E-state index is 0.538. The van der Waals surface area contributed by atoms with E-state index in [4.69, 9.17) is 4.74 Å². The van der Waals surface area contributed by atoms with E-state index >= 15 is 0 Å². The van der Waals surface area contributed by atoms with Crippen molar-refractivity contribution in [3.63, 3.8) is 0 Å². The number of hydrogen-bond donors (Lipinski definition) is 0. The van der Waals surface area contributed by atoms with E-state index in [1.54, 1.807) is 0 Å². The van der Waals surface area contributed by atoms with Gasteiger partial charge in [0.25, 0.3) is 0 Å². The van der Waals surface area contributed by atoms with Gasteiger partial charge in [-0.3, -0.25) is 0 Å². The van der Waals surface area contributed by atoms with E-state index < -0.39 is 0 Å². The van der Waals surface area contributed by atoms with Crippen molar-refractivity contribution in [2.24, 2.45) is 0 Å². The molecule has 0 fully saturated rings. The second-order valence-electron chi connectivity index (χ2n) is 7.25. The number of rotatable bonds is 19. The van der Waals surface area contributed by atoms with Crippen molar-refractivity contribution in [2.75, 3.05) is 6.61 Å². The highest BCUT2D eigenvalue weighted by Gasteiger charge is 2.07. The molecule has 1 heteroatoms. The summed E-state index contributed by atoms with van der Waals surface area (Å²) < 4.78 is 5.95. The van der Waals surface area contributed by atoms with E-state index in [-0.39, 0.29) is 0 Å². The molecule has 0 aliphatic rings. The van der Waals surface area contributed by atoms with Crippen molar-refractivity contribution in [3.8, 4) is 0 Å². The molecule has 0 amide bonds. The molecule has 0 saturated carbocycles.